The maximum atomic E-state index is 7.39. The minimum absolute atomic E-state index is 0.0502. The van der Waals surface area contributed by atoms with Gasteiger partial charge in [-0.15, -0.1) is 10.5 Å². The van der Waals surface area contributed by atoms with Crippen molar-refractivity contribution in [1.29, 1.82) is 5.41 Å². The molecule has 0 aromatic heterocycles. The molecule has 0 radical (unpaired) electrons. The molecule has 0 aromatic rings. The normalized spacial score (nSPS) is 26.7. The molecular weight excluding hydrogens is 134 g/mol. The van der Waals surface area contributed by atoms with Crippen molar-refractivity contribution in [3.63, 3.8) is 0 Å². The number of hydrazine groups is 1. The summed E-state index contributed by atoms with van der Waals surface area (Å²) in [6.07, 6.45) is 0. The summed E-state index contributed by atoms with van der Waals surface area (Å²) in [5.41, 5.74) is 0. The Hall–Kier alpha value is -0.350. The Morgan fingerprint density at radius 2 is 2.67 bits per heavy atom. The Morgan fingerprint density at radius 1 is 2.00 bits per heavy atom. The number of rotatable bonds is 1. The lowest BCUT2D eigenvalue weighted by Crippen LogP contribution is -2.32. The maximum Gasteiger partial charge on any atom is 0.165 e. The summed E-state index contributed by atoms with van der Waals surface area (Å²) in [5, 5.41) is 11.6. The SMILES string of the molecule is CCS1=CCN(N)C1=N. The molecule has 0 bridgehead atoms. The molecule has 1 heterocycles. The third-order valence-electron chi connectivity index (χ3n) is 1.29. The topological polar surface area (TPSA) is 53.1 Å². The highest BCUT2D eigenvalue weighted by atomic mass is 32.2. The third-order valence-corrected chi connectivity index (χ3v) is 3.20. The van der Waals surface area contributed by atoms with E-state index in [0.717, 1.165) is 12.3 Å². The second kappa shape index (κ2) is 2.49. The average molecular weight is 145 g/mol. The van der Waals surface area contributed by atoms with Crippen molar-refractivity contribution < 1.29 is 0 Å². The number of nitrogens with one attached hydrogen (secondary N) is 1. The molecule has 3 nitrogen and oxygen atoms in total. The Balaban J connectivity index is 2.67. The van der Waals surface area contributed by atoms with E-state index in [1.165, 1.54) is 5.01 Å². The van der Waals surface area contributed by atoms with Gasteiger partial charge in [-0.05, 0) is 11.1 Å². The highest BCUT2D eigenvalue weighted by molar-refractivity contribution is 8.28. The predicted octanol–water partition coefficient (Wildman–Crippen LogP) is 0.201. The van der Waals surface area contributed by atoms with Gasteiger partial charge in [-0.3, -0.25) is 10.4 Å². The molecule has 0 saturated heterocycles. The van der Waals surface area contributed by atoms with Gasteiger partial charge in [0.25, 0.3) is 0 Å². The van der Waals surface area contributed by atoms with Crippen LogP contribution in [0.25, 0.3) is 0 Å². The lowest BCUT2D eigenvalue weighted by atomic mass is 10.7. The molecule has 0 aliphatic carbocycles. The molecule has 1 aliphatic heterocycles. The molecule has 1 rings (SSSR count). The first-order chi connectivity index (χ1) is 4.25. The van der Waals surface area contributed by atoms with Crippen LogP contribution in [0.4, 0.5) is 0 Å². The van der Waals surface area contributed by atoms with E-state index < -0.39 is 0 Å². The van der Waals surface area contributed by atoms with E-state index in [9.17, 15) is 0 Å². The Labute approximate surface area is 57.2 Å². The van der Waals surface area contributed by atoms with E-state index >= 15 is 0 Å². The lowest BCUT2D eigenvalue weighted by Gasteiger charge is -2.09. The van der Waals surface area contributed by atoms with Crippen molar-refractivity contribution in [2.75, 3.05) is 12.3 Å². The van der Waals surface area contributed by atoms with Gasteiger partial charge in [-0.25, -0.2) is 5.84 Å². The summed E-state index contributed by atoms with van der Waals surface area (Å²) < 4.78 is 0. The fraction of sp³-hybridized carbons (Fsp3) is 0.600. The van der Waals surface area contributed by atoms with E-state index in [0.29, 0.717) is 5.17 Å². The molecule has 0 saturated carbocycles. The molecule has 9 heavy (non-hydrogen) atoms. The number of nitrogens with two attached hydrogens (primary N) is 1. The van der Waals surface area contributed by atoms with Crippen molar-refractivity contribution in [3.05, 3.63) is 0 Å². The third kappa shape index (κ3) is 1.14. The summed E-state index contributed by atoms with van der Waals surface area (Å²) >= 11 is 0. The van der Waals surface area contributed by atoms with Gasteiger partial charge in [-0.2, -0.15) is 0 Å². The fourth-order valence-corrected chi connectivity index (χ4v) is 2.12. The van der Waals surface area contributed by atoms with Gasteiger partial charge in [0.1, 0.15) is 0 Å². The highest BCUT2D eigenvalue weighted by Gasteiger charge is 2.12. The van der Waals surface area contributed by atoms with E-state index in [1.807, 2.05) is 0 Å². The zero-order valence-electron chi connectivity index (χ0n) is 5.42. The monoisotopic (exact) mass is 145 g/mol. The van der Waals surface area contributed by atoms with Crippen LogP contribution < -0.4 is 5.84 Å². The van der Waals surface area contributed by atoms with Gasteiger partial charge in [-0.1, -0.05) is 6.92 Å². The minimum Gasteiger partial charge on any atom is -0.286 e. The zero-order valence-corrected chi connectivity index (χ0v) is 6.24. The van der Waals surface area contributed by atoms with Crippen molar-refractivity contribution in [3.8, 4) is 0 Å². The molecular formula is C5H11N3S. The number of hydrogen-bond donors (Lipinski definition) is 2. The number of hydrogen-bond acceptors (Lipinski definition) is 2. The van der Waals surface area contributed by atoms with Crippen LogP contribution in [0.15, 0.2) is 0 Å². The fourth-order valence-electron chi connectivity index (χ4n) is 0.737. The molecule has 1 unspecified atom stereocenters. The highest BCUT2D eigenvalue weighted by Crippen LogP contribution is 2.18. The summed E-state index contributed by atoms with van der Waals surface area (Å²) in [7, 11) is 0.0502. The predicted molar refractivity (Wildman–Crippen MR) is 42.8 cm³/mol. The molecule has 0 aromatic carbocycles. The number of nitrogens with zero attached hydrogens (tertiary/aromatic N) is 1. The van der Waals surface area contributed by atoms with Gasteiger partial charge in [0.2, 0.25) is 0 Å². The van der Waals surface area contributed by atoms with Crippen molar-refractivity contribution in [2.24, 2.45) is 5.84 Å². The molecule has 52 valence electrons. The van der Waals surface area contributed by atoms with Crippen LogP contribution in [0.3, 0.4) is 0 Å². The van der Waals surface area contributed by atoms with Crippen LogP contribution in [0.2, 0.25) is 0 Å². The van der Waals surface area contributed by atoms with Crippen molar-refractivity contribution >= 4 is 21.0 Å². The van der Waals surface area contributed by atoms with Crippen LogP contribution in [-0.2, 0) is 0 Å². The quantitative estimate of drug-likeness (QED) is 0.409. The van der Waals surface area contributed by atoms with Gasteiger partial charge in [0, 0.05) is 0 Å². The first kappa shape index (κ1) is 6.77. The van der Waals surface area contributed by atoms with E-state index in [2.05, 4.69) is 12.3 Å². The van der Waals surface area contributed by atoms with Crippen LogP contribution >= 0.6 is 10.5 Å². The number of amidine groups is 1. The first-order valence-corrected chi connectivity index (χ1v) is 4.35. The van der Waals surface area contributed by atoms with E-state index in [1.54, 1.807) is 0 Å². The smallest absolute Gasteiger partial charge is 0.165 e. The summed E-state index contributed by atoms with van der Waals surface area (Å²) in [5.74, 6) is 6.45. The molecule has 0 spiro atoms. The largest absolute Gasteiger partial charge is 0.286 e. The summed E-state index contributed by atoms with van der Waals surface area (Å²) in [4.78, 5) is 0. The lowest BCUT2D eigenvalue weighted by molar-refractivity contribution is 0.520. The Kier molecular flexibility index (Phi) is 1.87. The standard InChI is InChI=1S/C5H11N3S/c1-2-9-4-3-8(7)5(9)6/h4,6H,2-3,7H2,1H3. The molecule has 4 heteroatoms. The summed E-state index contributed by atoms with van der Waals surface area (Å²) in [6, 6.07) is 0. The second-order valence-electron chi connectivity index (χ2n) is 1.84. The van der Waals surface area contributed by atoms with Gasteiger partial charge < -0.3 is 0 Å². The van der Waals surface area contributed by atoms with Crippen LogP contribution in [0.1, 0.15) is 6.92 Å². The average Bonchev–Trinajstić information content (AvgIpc) is 2.15. The second-order valence-corrected chi connectivity index (χ2v) is 4.00. The van der Waals surface area contributed by atoms with E-state index in [-0.39, 0.29) is 10.5 Å². The van der Waals surface area contributed by atoms with Crippen LogP contribution in [-0.4, -0.2) is 27.8 Å². The summed E-state index contributed by atoms with van der Waals surface area (Å²) in [6.45, 7) is 2.82. The minimum atomic E-state index is 0.0502. The maximum absolute atomic E-state index is 7.39. The molecule has 3 N–H and O–H groups in total. The van der Waals surface area contributed by atoms with Crippen molar-refractivity contribution in [1.82, 2.24) is 5.01 Å². The van der Waals surface area contributed by atoms with Gasteiger partial charge in [0.15, 0.2) is 5.17 Å². The molecule has 1 aliphatic rings. The van der Waals surface area contributed by atoms with Crippen LogP contribution in [0, 0.1) is 5.41 Å². The van der Waals surface area contributed by atoms with Gasteiger partial charge in [0.05, 0.1) is 6.54 Å². The first-order valence-electron chi connectivity index (χ1n) is 2.89. The van der Waals surface area contributed by atoms with Crippen LogP contribution in [0.5, 0.6) is 0 Å². The van der Waals surface area contributed by atoms with Crippen molar-refractivity contribution in [2.45, 2.75) is 6.92 Å². The Morgan fingerprint density at radius 3 is 2.89 bits per heavy atom. The molecule has 1 atom stereocenters. The zero-order chi connectivity index (χ0) is 6.85. The van der Waals surface area contributed by atoms with E-state index in [4.69, 9.17) is 11.3 Å². The van der Waals surface area contributed by atoms with Gasteiger partial charge >= 0.3 is 0 Å². The molecule has 0 amide bonds. The Bertz CT molecular complexity index is 164. The molecule has 0 fully saturated rings.